The normalized spacial score (nSPS) is 10.6. The fraction of sp³-hybridized carbons (Fsp3) is 0.200. The van der Waals surface area contributed by atoms with Crippen molar-refractivity contribution in [3.63, 3.8) is 0 Å². The highest BCUT2D eigenvalue weighted by atomic mass is 32.1. The van der Waals surface area contributed by atoms with Crippen molar-refractivity contribution in [2.24, 2.45) is 0 Å². The molecule has 3 rings (SSSR count). The Morgan fingerprint density at radius 1 is 1.32 bits per heavy atom. The lowest BCUT2D eigenvalue weighted by atomic mass is 10.2. The fourth-order valence-corrected chi connectivity index (χ4v) is 2.58. The Balaban J connectivity index is 1.54. The Kier molecular flexibility index (Phi) is 4.24. The van der Waals surface area contributed by atoms with Gasteiger partial charge in [-0.15, -0.1) is 16.4 Å². The number of carbonyl (C=O) groups excluding carboxylic acids is 1. The number of nitrogens with one attached hydrogen (secondary N) is 1. The van der Waals surface area contributed by atoms with Crippen molar-refractivity contribution in [2.75, 3.05) is 6.54 Å². The standard InChI is InChI=1S/C15H15N5OS/c1-11-17-14(10-22-11)15(21)16-7-8-20-9-13(18-19-20)12-5-3-2-4-6-12/h2-6,9-10H,7-8H2,1H3,(H,16,21). The van der Waals surface area contributed by atoms with Crippen molar-refractivity contribution in [1.82, 2.24) is 25.3 Å². The first-order valence-corrected chi connectivity index (χ1v) is 7.76. The molecule has 1 amide bonds. The Labute approximate surface area is 131 Å². The van der Waals surface area contributed by atoms with Crippen molar-refractivity contribution in [1.29, 1.82) is 0 Å². The second-order valence-corrected chi connectivity index (χ2v) is 5.80. The van der Waals surface area contributed by atoms with Crippen LogP contribution in [0.2, 0.25) is 0 Å². The molecule has 0 bridgehead atoms. The molecule has 0 aliphatic rings. The van der Waals surface area contributed by atoms with Crippen LogP contribution in [-0.4, -0.2) is 32.4 Å². The van der Waals surface area contributed by atoms with Gasteiger partial charge in [0.25, 0.3) is 5.91 Å². The molecular weight excluding hydrogens is 298 g/mol. The SMILES string of the molecule is Cc1nc(C(=O)NCCn2cc(-c3ccccc3)nn2)cs1. The molecule has 0 radical (unpaired) electrons. The van der Waals surface area contributed by atoms with Gasteiger partial charge < -0.3 is 5.32 Å². The molecule has 0 fully saturated rings. The largest absolute Gasteiger partial charge is 0.349 e. The molecule has 3 aromatic rings. The summed E-state index contributed by atoms with van der Waals surface area (Å²) in [5.41, 5.74) is 2.31. The summed E-state index contributed by atoms with van der Waals surface area (Å²) in [5, 5.41) is 13.7. The third-order valence-electron chi connectivity index (χ3n) is 3.09. The minimum atomic E-state index is -0.159. The van der Waals surface area contributed by atoms with Gasteiger partial charge in [0.2, 0.25) is 0 Å². The number of aryl methyl sites for hydroxylation is 1. The molecule has 0 saturated carbocycles. The predicted octanol–water partition coefficient (Wildman–Crippen LogP) is 2.14. The summed E-state index contributed by atoms with van der Waals surface area (Å²) in [4.78, 5) is 16.0. The van der Waals surface area contributed by atoms with Gasteiger partial charge in [0, 0.05) is 17.5 Å². The molecule has 112 valence electrons. The van der Waals surface area contributed by atoms with E-state index in [9.17, 15) is 4.79 Å². The summed E-state index contributed by atoms with van der Waals surface area (Å²) >= 11 is 1.46. The Morgan fingerprint density at radius 3 is 2.86 bits per heavy atom. The molecule has 0 aliphatic heterocycles. The molecule has 6 nitrogen and oxygen atoms in total. The number of benzene rings is 1. The van der Waals surface area contributed by atoms with Crippen molar-refractivity contribution in [3.8, 4) is 11.3 Å². The van der Waals surface area contributed by atoms with Gasteiger partial charge in [-0.25, -0.2) is 4.98 Å². The number of thiazole rings is 1. The third kappa shape index (κ3) is 3.37. The van der Waals surface area contributed by atoms with E-state index in [2.05, 4.69) is 20.6 Å². The lowest BCUT2D eigenvalue weighted by Crippen LogP contribution is -2.27. The number of amides is 1. The van der Waals surface area contributed by atoms with Crippen LogP contribution in [0.5, 0.6) is 0 Å². The number of aromatic nitrogens is 4. The van der Waals surface area contributed by atoms with Crippen LogP contribution in [0.15, 0.2) is 41.9 Å². The first-order valence-electron chi connectivity index (χ1n) is 6.88. The van der Waals surface area contributed by atoms with Crippen LogP contribution in [0.3, 0.4) is 0 Å². The van der Waals surface area contributed by atoms with Crippen molar-refractivity contribution in [2.45, 2.75) is 13.5 Å². The Bertz CT molecular complexity index is 765. The van der Waals surface area contributed by atoms with E-state index in [1.807, 2.05) is 43.5 Å². The average molecular weight is 313 g/mol. The number of carbonyl (C=O) groups is 1. The summed E-state index contributed by atoms with van der Waals surface area (Å²) in [7, 11) is 0. The molecule has 0 saturated heterocycles. The van der Waals surface area contributed by atoms with Crippen LogP contribution in [0.1, 0.15) is 15.5 Å². The summed E-state index contributed by atoms with van der Waals surface area (Å²) < 4.78 is 1.72. The molecule has 22 heavy (non-hydrogen) atoms. The van der Waals surface area contributed by atoms with Gasteiger partial charge in [-0.2, -0.15) is 0 Å². The van der Waals surface area contributed by atoms with Gasteiger partial charge in [0.05, 0.1) is 17.7 Å². The van der Waals surface area contributed by atoms with E-state index in [0.29, 0.717) is 18.8 Å². The molecule has 0 aliphatic carbocycles. The van der Waals surface area contributed by atoms with E-state index in [0.717, 1.165) is 16.3 Å². The summed E-state index contributed by atoms with van der Waals surface area (Å²) in [5.74, 6) is -0.159. The minimum absolute atomic E-state index is 0.159. The zero-order chi connectivity index (χ0) is 15.4. The predicted molar refractivity (Wildman–Crippen MR) is 84.6 cm³/mol. The lowest BCUT2D eigenvalue weighted by Gasteiger charge is -2.02. The minimum Gasteiger partial charge on any atom is -0.349 e. The molecule has 0 atom stereocenters. The van der Waals surface area contributed by atoms with Crippen LogP contribution in [-0.2, 0) is 6.54 Å². The third-order valence-corrected chi connectivity index (χ3v) is 3.86. The topological polar surface area (TPSA) is 72.7 Å². The quantitative estimate of drug-likeness (QED) is 0.783. The van der Waals surface area contributed by atoms with E-state index in [4.69, 9.17) is 0 Å². The highest BCUT2D eigenvalue weighted by molar-refractivity contribution is 7.09. The number of hydrogen-bond acceptors (Lipinski definition) is 5. The van der Waals surface area contributed by atoms with E-state index >= 15 is 0 Å². The summed E-state index contributed by atoms with van der Waals surface area (Å²) in [6, 6.07) is 9.86. The first kappa shape index (κ1) is 14.4. The zero-order valence-electron chi connectivity index (χ0n) is 12.1. The second kappa shape index (κ2) is 6.48. The van der Waals surface area contributed by atoms with Crippen molar-refractivity contribution >= 4 is 17.2 Å². The maximum Gasteiger partial charge on any atom is 0.270 e. The van der Waals surface area contributed by atoms with Crippen LogP contribution >= 0.6 is 11.3 Å². The van der Waals surface area contributed by atoms with Gasteiger partial charge in [-0.3, -0.25) is 9.48 Å². The Hall–Kier alpha value is -2.54. The molecule has 0 spiro atoms. The highest BCUT2D eigenvalue weighted by Gasteiger charge is 2.09. The van der Waals surface area contributed by atoms with Gasteiger partial charge in [0.1, 0.15) is 11.4 Å². The maximum absolute atomic E-state index is 11.9. The fourth-order valence-electron chi connectivity index (χ4n) is 1.99. The monoisotopic (exact) mass is 313 g/mol. The second-order valence-electron chi connectivity index (χ2n) is 4.74. The maximum atomic E-state index is 11.9. The van der Waals surface area contributed by atoms with Crippen LogP contribution in [0, 0.1) is 6.92 Å². The van der Waals surface area contributed by atoms with Crippen molar-refractivity contribution < 1.29 is 4.79 Å². The van der Waals surface area contributed by atoms with Gasteiger partial charge in [-0.1, -0.05) is 35.5 Å². The molecule has 0 unspecified atom stereocenters. The van der Waals surface area contributed by atoms with Gasteiger partial charge in [-0.05, 0) is 6.92 Å². The van der Waals surface area contributed by atoms with E-state index in [1.54, 1.807) is 10.1 Å². The molecule has 7 heteroatoms. The lowest BCUT2D eigenvalue weighted by molar-refractivity contribution is 0.0947. The van der Waals surface area contributed by atoms with Gasteiger partial charge >= 0.3 is 0 Å². The molecule has 2 heterocycles. The smallest absolute Gasteiger partial charge is 0.270 e. The van der Waals surface area contributed by atoms with E-state index < -0.39 is 0 Å². The molecular formula is C15H15N5OS. The molecule has 1 aromatic carbocycles. The van der Waals surface area contributed by atoms with E-state index in [-0.39, 0.29) is 5.91 Å². The summed E-state index contributed by atoms with van der Waals surface area (Å²) in [6.45, 7) is 2.92. The van der Waals surface area contributed by atoms with Crippen LogP contribution in [0.25, 0.3) is 11.3 Å². The van der Waals surface area contributed by atoms with E-state index in [1.165, 1.54) is 11.3 Å². The number of hydrogen-bond donors (Lipinski definition) is 1. The number of rotatable bonds is 5. The zero-order valence-corrected chi connectivity index (χ0v) is 12.9. The number of nitrogens with zero attached hydrogens (tertiary/aromatic N) is 4. The van der Waals surface area contributed by atoms with Crippen LogP contribution in [0.4, 0.5) is 0 Å². The van der Waals surface area contributed by atoms with Crippen LogP contribution < -0.4 is 5.32 Å². The molecule has 1 N–H and O–H groups in total. The first-order chi connectivity index (χ1) is 10.7. The molecule has 2 aromatic heterocycles. The Morgan fingerprint density at radius 2 is 2.14 bits per heavy atom. The average Bonchev–Trinajstić information content (AvgIpc) is 3.17. The highest BCUT2D eigenvalue weighted by Crippen LogP contribution is 2.14. The summed E-state index contributed by atoms with van der Waals surface area (Å²) in [6.07, 6.45) is 1.87. The van der Waals surface area contributed by atoms with Crippen molar-refractivity contribution in [3.05, 3.63) is 52.6 Å². The van der Waals surface area contributed by atoms with Gasteiger partial charge in [0.15, 0.2) is 0 Å².